The third-order valence-electron chi connectivity index (χ3n) is 11.3. The molecule has 0 saturated heterocycles. The van der Waals surface area contributed by atoms with Crippen molar-refractivity contribution in [1.82, 2.24) is 19.1 Å². The van der Waals surface area contributed by atoms with Gasteiger partial charge < -0.3 is 4.57 Å². The Hall–Kier alpha value is -7.30. The van der Waals surface area contributed by atoms with Crippen LogP contribution in [0.5, 0.6) is 0 Å². The minimum atomic E-state index is 0.650. The monoisotopic (exact) mass is 686 g/mol. The van der Waals surface area contributed by atoms with Gasteiger partial charge >= 0.3 is 0 Å². The molecule has 54 heavy (non-hydrogen) atoms. The normalized spacial score (nSPS) is 12.1. The van der Waals surface area contributed by atoms with E-state index in [9.17, 15) is 0 Å². The van der Waals surface area contributed by atoms with E-state index in [-0.39, 0.29) is 0 Å². The highest BCUT2D eigenvalue weighted by Crippen LogP contribution is 2.40. The summed E-state index contributed by atoms with van der Waals surface area (Å²) in [6.45, 7) is 0. The second-order valence-electron chi connectivity index (χ2n) is 14.2. The van der Waals surface area contributed by atoms with Gasteiger partial charge in [0.15, 0.2) is 0 Å². The summed E-state index contributed by atoms with van der Waals surface area (Å²) in [6.07, 6.45) is 0. The van der Waals surface area contributed by atoms with Crippen molar-refractivity contribution in [3.63, 3.8) is 0 Å². The molecule has 0 amide bonds. The largest absolute Gasteiger partial charge is 0.309 e. The number of rotatable bonds is 3. The standard InChI is InChI=1S/C50H30N4/c1-3-15-34-28-46-42(26-32(34)13-1)38-19-8-10-23-45(38)53(46)36-24-25-39-43-27-33-14-2-4-16-35(33)29-47(43)54(48(39)30-36)50-51-44-22-9-7-20-41(44)49(52-50)40-21-11-17-31-12-5-6-18-37(31)40/h1-30H. The van der Waals surface area contributed by atoms with Crippen molar-refractivity contribution in [2.75, 3.05) is 0 Å². The second kappa shape index (κ2) is 11.1. The molecule has 9 aromatic carbocycles. The molecule has 0 atom stereocenters. The number of benzene rings is 9. The molecule has 0 aliphatic rings. The maximum absolute atomic E-state index is 5.52. The van der Waals surface area contributed by atoms with E-state index >= 15 is 0 Å². The van der Waals surface area contributed by atoms with Crippen molar-refractivity contribution >= 4 is 86.8 Å². The van der Waals surface area contributed by atoms with E-state index in [4.69, 9.17) is 9.97 Å². The fourth-order valence-electron chi connectivity index (χ4n) is 8.78. The third kappa shape index (κ3) is 4.19. The first-order valence-corrected chi connectivity index (χ1v) is 18.4. The van der Waals surface area contributed by atoms with Crippen molar-refractivity contribution in [2.45, 2.75) is 0 Å². The molecule has 0 spiro atoms. The van der Waals surface area contributed by atoms with Gasteiger partial charge in [0.1, 0.15) is 0 Å². The van der Waals surface area contributed by atoms with Crippen LogP contribution in [0.1, 0.15) is 0 Å². The van der Waals surface area contributed by atoms with E-state index in [0.717, 1.165) is 44.3 Å². The van der Waals surface area contributed by atoms with Crippen LogP contribution in [0.4, 0.5) is 0 Å². The average Bonchev–Trinajstić information content (AvgIpc) is 3.72. The van der Waals surface area contributed by atoms with Crippen LogP contribution in [0.2, 0.25) is 0 Å². The molecule has 12 rings (SSSR count). The van der Waals surface area contributed by atoms with Crippen molar-refractivity contribution in [3.05, 3.63) is 182 Å². The van der Waals surface area contributed by atoms with Gasteiger partial charge in [0.05, 0.1) is 33.3 Å². The van der Waals surface area contributed by atoms with Crippen LogP contribution >= 0.6 is 0 Å². The first kappa shape index (κ1) is 29.3. The topological polar surface area (TPSA) is 35.6 Å². The van der Waals surface area contributed by atoms with Gasteiger partial charge in [-0.3, -0.25) is 4.57 Å². The number of para-hydroxylation sites is 2. The van der Waals surface area contributed by atoms with Crippen molar-refractivity contribution in [3.8, 4) is 22.9 Å². The van der Waals surface area contributed by atoms with Gasteiger partial charge in [-0.15, -0.1) is 0 Å². The summed E-state index contributed by atoms with van der Waals surface area (Å²) >= 11 is 0. The maximum atomic E-state index is 5.52. The smallest absolute Gasteiger partial charge is 0.235 e. The van der Waals surface area contributed by atoms with Gasteiger partial charge in [-0.25, -0.2) is 9.97 Å². The van der Waals surface area contributed by atoms with Crippen LogP contribution in [0.25, 0.3) is 110 Å². The lowest BCUT2D eigenvalue weighted by molar-refractivity contribution is 1.01. The van der Waals surface area contributed by atoms with E-state index in [1.807, 2.05) is 0 Å². The van der Waals surface area contributed by atoms with Gasteiger partial charge in [-0.2, -0.15) is 0 Å². The molecule has 0 saturated carbocycles. The number of hydrogen-bond donors (Lipinski definition) is 0. The molecule has 0 radical (unpaired) electrons. The summed E-state index contributed by atoms with van der Waals surface area (Å²) in [6, 6.07) is 65.6. The highest BCUT2D eigenvalue weighted by Gasteiger charge is 2.21. The summed E-state index contributed by atoms with van der Waals surface area (Å²) in [5.41, 5.74) is 8.51. The van der Waals surface area contributed by atoms with Crippen LogP contribution < -0.4 is 0 Å². The Morgan fingerprint density at radius 2 is 0.852 bits per heavy atom. The van der Waals surface area contributed by atoms with Crippen molar-refractivity contribution in [2.24, 2.45) is 0 Å². The Kier molecular flexibility index (Phi) is 6.02. The summed E-state index contributed by atoms with van der Waals surface area (Å²) < 4.78 is 4.70. The predicted octanol–water partition coefficient (Wildman–Crippen LogP) is 13.0. The van der Waals surface area contributed by atoms with Crippen molar-refractivity contribution in [1.29, 1.82) is 0 Å². The fourth-order valence-corrected chi connectivity index (χ4v) is 8.78. The molecule has 0 unspecified atom stereocenters. The molecular formula is C50H30N4. The van der Waals surface area contributed by atoms with Gasteiger partial charge in [0, 0.05) is 38.2 Å². The van der Waals surface area contributed by atoms with Crippen molar-refractivity contribution < 1.29 is 0 Å². The van der Waals surface area contributed by atoms with Crippen LogP contribution in [0.3, 0.4) is 0 Å². The Labute approximate surface area is 309 Å². The van der Waals surface area contributed by atoms with Gasteiger partial charge in [-0.05, 0) is 80.8 Å². The summed E-state index contributed by atoms with van der Waals surface area (Å²) in [4.78, 5) is 10.9. The number of hydrogen-bond acceptors (Lipinski definition) is 2. The lowest BCUT2D eigenvalue weighted by Crippen LogP contribution is -2.04. The average molecular weight is 687 g/mol. The Balaban J connectivity index is 1.20. The first-order valence-electron chi connectivity index (χ1n) is 18.4. The molecular weight excluding hydrogens is 657 g/mol. The Morgan fingerprint density at radius 3 is 1.59 bits per heavy atom. The zero-order valence-corrected chi connectivity index (χ0v) is 29.1. The minimum absolute atomic E-state index is 0.650. The highest BCUT2D eigenvalue weighted by molar-refractivity contribution is 6.16. The van der Waals surface area contributed by atoms with Gasteiger partial charge in [0.25, 0.3) is 0 Å². The SMILES string of the molecule is c1ccc2cc3c(cc2c1)c1ccccc1n3-c1ccc2c3cc4ccccc4cc3n(-c3nc(-c4cccc5ccccc45)c4ccccc4n3)c2c1. The van der Waals surface area contributed by atoms with Crippen LogP contribution in [0, 0.1) is 0 Å². The lowest BCUT2D eigenvalue weighted by Gasteiger charge is -2.14. The zero-order valence-electron chi connectivity index (χ0n) is 29.1. The Bertz CT molecular complexity index is 3510. The molecule has 0 bridgehead atoms. The van der Waals surface area contributed by atoms with E-state index in [1.165, 1.54) is 59.5 Å². The number of fused-ring (bicyclic) bond motifs is 10. The molecule has 3 aromatic heterocycles. The molecule has 0 aliphatic carbocycles. The zero-order chi connectivity index (χ0) is 35.3. The number of aromatic nitrogens is 4. The molecule has 12 aromatic rings. The van der Waals surface area contributed by atoms with E-state index < -0.39 is 0 Å². The molecule has 0 N–H and O–H groups in total. The minimum Gasteiger partial charge on any atom is -0.309 e. The molecule has 250 valence electrons. The summed E-state index contributed by atoms with van der Waals surface area (Å²) in [5.74, 6) is 0.650. The number of nitrogens with zero attached hydrogens (tertiary/aromatic N) is 4. The molecule has 3 heterocycles. The van der Waals surface area contributed by atoms with Crippen LogP contribution in [0.15, 0.2) is 182 Å². The predicted molar refractivity (Wildman–Crippen MR) is 226 cm³/mol. The quantitative estimate of drug-likeness (QED) is 0.185. The molecule has 0 fully saturated rings. The molecule has 4 nitrogen and oxygen atoms in total. The molecule has 0 aliphatic heterocycles. The van der Waals surface area contributed by atoms with Crippen LogP contribution in [-0.4, -0.2) is 19.1 Å². The van der Waals surface area contributed by atoms with E-state index in [2.05, 4.69) is 191 Å². The maximum Gasteiger partial charge on any atom is 0.235 e. The fraction of sp³-hybridized carbons (Fsp3) is 0. The second-order valence-corrected chi connectivity index (χ2v) is 14.2. The highest BCUT2D eigenvalue weighted by atomic mass is 15.2. The van der Waals surface area contributed by atoms with Gasteiger partial charge in [-0.1, -0.05) is 133 Å². The molecule has 4 heteroatoms. The van der Waals surface area contributed by atoms with Crippen LogP contribution in [-0.2, 0) is 0 Å². The van der Waals surface area contributed by atoms with E-state index in [0.29, 0.717) is 5.95 Å². The first-order chi connectivity index (χ1) is 26.8. The third-order valence-corrected chi connectivity index (χ3v) is 11.3. The lowest BCUT2D eigenvalue weighted by atomic mass is 9.99. The van der Waals surface area contributed by atoms with Gasteiger partial charge in [0.2, 0.25) is 5.95 Å². The summed E-state index contributed by atoms with van der Waals surface area (Å²) in [7, 11) is 0. The van der Waals surface area contributed by atoms with E-state index in [1.54, 1.807) is 0 Å². The summed E-state index contributed by atoms with van der Waals surface area (Å²) in [5, 5.41) is 13.1. The Morgan fingerprint density at radius 1 is 0.315 bits per heavy atom.